The highest BCUT2D eigenvalue weighted by molar-refractivity contribution is 6.04. The molecule has 4 nitrogen and oxygen atoms in total. The molecule has 2 aliphatic rings. The highest BCUT2D eigenvalue weighted by Gasteiger charge is 2.35. The normalized spacial score (nSPS) is 20.7. The van der Waals surface area contributed by atoms with Gasteiger partial charge >= 0.3 is 0 Å². The zero-order chi connectivity index (χ0) is 19.2. The number of H-pyrrole nitrogens is 1. The van der Waals surface area contributed by atoms with Gasteiger partial charge < -0.3 is 10.3 Å². The summed E-state index contributed by atoms with van der Waals surface area (Å²) in [5.74, 6) is 0.412. The number of carbonyl (C=O) groups is 2. The molecule has 0 saturated heterocycles. The van der Waals surface area contributed by atoms with E-state index in [1.54, 1.807) is 0 Å². The number of nitrogens with one attached hydrogen (secondary N) is 2. The van der Waals surface area contributed by atoms with E-state index in [9.17, 15) is 9.59 Å². The number of rotatable bonds is 3. The molecule has 2 aliphatic carbocycles. The third kappa shape index (κ3) is 3.33. The summed E-state index contributed by atoms with van der Waals surface area (Å²) in [7, 11) is 0. The standard InChI is InChI=1S/C23H28N2O2/c1-14-20-18(11-23(2,3)12-19(20)26)25-21(14)22(27)24-13-16-9-6-8-15-7-4-5-10-17(15)16/h4-5,7,10,16,25H,6,8-9,11-13H2,1-3H3,(H,24,27)/t16-/m0/s1. The lowest BCUT2D eigenvalue weighted by Gasteiger charge is -2.28. The Balaban J connectivity index is 1.51. The van der Waals surface area contributed by atoms with Gasteiger partial charge in [-0.15, -0.1) is 0 Å². The SMILES string of the molecule is Cc1c(C(=O)NC[C@@H]2CCCc3ccccc32)[nH]c2c1C(=O)CC(C)(C)C2. The fourth-order valence-electron chi connectivity index (χ4n) is 4.83. The molecule has 27 heavy (non-hydrogen) atoms. The Bertz CT molecular complexity index is 907. The van der Waals surface area contributed by atoms with E-state index in [0.717, 1.165) is 42.5 Å². The van der Waals surface area contributed by atoms with Crippen molar-refractivity contribution in [3.05, 3.63) is 57.9 Å². The van der Waals surface area contributed by atoms with Crippen LogP contribution in [-0.2, 0) is 12.8 Å². The minimum absolute atomic E-state index is 0.0546. The number of ketones is 1. The van der Waals surface area contributed by atoms with Crippen LogP contribution in [0.25, 0.3) is 0 Å². The summed E-state index contributed by atoms with van der Waals surface area (Å²) in [5.41, 5.74) is 5.72. The summed E-state index contributed by atoms with van der Waals surface area (Å²) >= 11 is 0. The van der Waals surface area contributed by atoms with Crippen LogP contribution in [-0.4, -0.2) is 23.2 Å². The molecule has 1 atom stereocenters. The van der Waals surface area contributed by atoms with Crippen molar-refractivity contribution in [1.82, 2.24) is 10.3 Å². The van der Waals surface area contributed by atoms with Gasteiger partial charge in [-0.25, -0.2) is 0 Å². The maximum Gasteiger partial charge on any atom is 0.268 e. The summed E-state index contributed by atoms with van der Waals surface area (Å²) in [4.78, 5) is 28.7. The quantitative estimate of drug-likeness (QED) is 0.851. The Labute approximate surface area is 160 Å². The molecule has 1 heterocycles. The molecule has 1 amide bonds. The smallest absolute Gasteiger partial charge is 0.268 e. The van der Waals surface area contributed by atoms with Gasteiger partial charge in [-0.05, 0) is 54.7 Å². The number of hydrogen-bond acceptors (Lipinski definition) is 2. The van der Waals surface area contributed by atoms with E-state index < -0.39 is 0 Å². The van der Waals surface area contributed by atoms with Crippen molar-refractivity contribution in [2.24, 2.45) is 5.41 Å². The van der Waals surface area contributed by atoms with E-state index in [2.05, 4.69) is 48.4 Å². The fourth-order valence-corrected chi connectivity index (χ4v) is 4.83. The summed E-state index contributed by atoms with van der Waals surface area (Å²) in [6, 6.07) is 8.55. The van der Waals surface area contributed by atoms with E-state index in [4.69, 9.17) is 0 Å². The number of aromatic amines is 1. The van der Waals surface area contributed by atoms with Crippen molar-refractivity contribution in [3.8, 4) is 0 Å². The van der Waals surface area contributed by atoms with Gasteiger partial charge in [0, 0.05) is 30.1 Å². The van der Waals surface area contributed by atoms with Crippen molar-refractivity contribution in [2.75, 3.05) is 6.54 Å². The Morgan fingerprint density at radius 2 is 2.04 bits per heavy atom. The predicted molar refractivity (Wildman–Crippen MR) is 106 cm³/mol. The minimum Gasteiger partial charge on any atom is -0.354 e. The number of amides is 1. The Morgan fingerprint density at radius 3 is 2.85 bits per heavy atom. The van der Waals surface area contributed by atoms with Crippen molar-refractivity contribution < 1.29 is 9.59 Å². The molecular formula is C23H28N2O2. The zero-order valence-electron chi connectivity index (χ0n) is 16.4. The largest absolute Gasteiger partial charge is 0.354 e. The van der Waals surface area contributed by atoms with Gasteiger partial charge in [-0.3, -0.25) is 9.59 Å². The van der Waals surface area contributed by atoms with E-state index in [0.29, 0.717) is 24.6 Å². The molecule has 1 aromatic heterocycles. The van der Waals surface area contributed by atoms with Gasteiger partial charge in [0.05, 0.1) is 0 Å². The molecule has 4 heteroatoms. The summed E-state index contributed by atoms with van der Waals surface area (Å²) < 4.78 is 0. The number of fused-ring (bicyclic) bond motifs is 2. The Hall–Kier alpha value is -2.36. The summed E-state index contributed by atoms with van der Waals surface area (Å²) in [5, 5.41) is 3.11. The highest BCUT2D eigenvalue weighted by Crippen LogP contribution is 2.37. The van der Waals surface area contributed by atoms with Crippen molar-refractivity contribution >= 4 is 11.7 Å². The zero-order valence-corrected chi connectivity index (χ0v) is 16.4. The van der Waals surface area contributed by atoms with Crippen molar-refractivity contribution in [1.29, 1.82) is 0 Å². The summed E-state index contributed by atoms with van der Waals surface area (Å²) in [6.45, 7) is 6.73. The lowest BCUT2D eigenvalue weighted by molar-refractivity contribution is 0.0909. The van der Waals surface area contributed by atoms with Crippen LogP contribution in [0.3, 0.4) is 0 Å². The molecule has 0 aliphatic heterocycles. The second-order valence-electron chi connectivity index (χ2n) is 8.92. The van der Waals surface area contributed by atoms with Gasteiger partial charge in [0.2, 0.25) is 0 Å². The number of aryl methyl sites for hydroxylation is 1. The molecule has 0 saturated carbocycles. The van der Waals surface area contributed by atoms with Crippen LogP contribution < -0.4 is 5.32 Å². The number of carbonyl (C=O) groups excluding carboxylic acids is 2. The lowest BCUT2D eigenvalue weighted by atomic mass is 9.75. The first-order chi connectivity index (χ1) is 12.9. The molecule has 0 radical (unpaired) electrons. The van der Waals surface area contributed by atoms with E-state index in [1.807, 2.05) is 6.92 Å². The topological polar surface area (TPSA) is 62.0 Å². The van der Waals surface area contributed by atoms with Crippen LogP contribution in [0.4, 0.5) is 0 Å². The number of benzene rings is 1. The van der Waals surface area contributed by atoms with E-state index in [-0.39, 0.29) is 17.1 Å². The molecule has 0 fully saturated rings. The second-order valence-corrected chi connectivity index (χ2v) is 8.92. The molecule has 4 rings (SSSR count). The van der Waals surface area contributed by atoms with Crippen LogP contribution in [0.2, 0.25) is 0 Å². The molecule has 2 N–H and O–H groups in total. The first-order valence-corrected chi connectivity index (χ1v) is 9.96. The van der Waals surface area contributed by atoms with Crippen molar-refractivity contribution in [3.63, 3.8) is 0 Å². The monoisotopic (exact) mass is 364 g/mol. The summed E-state index contributed by atoms with van der Waals surface area (Å²) in [6.07, 6.45) is 4.74. The van der Waals surface area contributed by atoms with Gasteiger partial charge in [-0.2, -0.15) is 0 Å². The average molecular weight is 364 g/mol. The number of hydrogen-bond donors (Lipinski definition) is 2. The van der Waals surface area contributed by atoms with Crippen molar-refractivity contribution in [2.45, 2.75) is 58.8 Å². The maximum absolute atomic E-state index is 12.9. The fraction of sp³-hybridized carbons (Fsp3) is 0.478. The first-order valence-electron chi connectivity index (χ1n) is 9.96. The molecule has 1 aromatic carbocycles. The molecule has 0 spiro atoms. The van der Waals surface area contributed by atoms with Gasteiger partial charge in [0.15, 0.2) is 5.78 Å². The lowest BCUT2D eigenvalue weighted by Crippen LogP contribution is -2.30. The third-order valence-electron chi connectivity index (χ3n) is 6.13. The van der Waals surface area contributed by atoms with Crippen LogP contribution in [0.5, 0.6) is 0 Å². The van der Waals surface area contributed by atoms with E-state index >= 15 is 0 Å². The third-order valence-corrected chi connectivity index (χ3v) is 6.13. The van der Waals surface area contributed by atoms with Crippen LogP contribution in [0.15, 0.2) is 24.3 Å². The van der Waals surface area contributed by atoms with Crippen LogP contribution in [0, 0.1) is 12.3 Å². The van der Waals surface area contributed by atoms with Crippen LogP contribution >= 0.6 is 0 Å². The number of aromatic nitrogens is 1. The van der Waals surface area contributed by atoms with Crippen LogP contribution in [0.1, 0.15) is 82.3 Å². The molecular weight excluding hydrogens is 336 g/mol. The predicted octanol–water partition coefficient (Wildman–Crippen LogP) is 4.33. The van der Waals surface area contributed by atoms with Gasteiger partial charge in [0.1, 0.15) is 5.69 Å². The molecule has 0 unspecified atom stereocenters. The van der Waals surface area contributed by atoms with Gasteiger partial charge in [-0.1, -0.05) is 38.1 Å². The molecule has 2 aromatic rings. The maximum atomic E-state index is 12.9. The highest BCUT2D eigenvalue weighted by atomic mass is 16.2. The minimum atomic E-state index is -0.101. The number of Topliss-reactive ketones (excluding diaryl/α,β-unsaturated/α-hetero) is 1. The van der Waals surface area contributed by atoms with Gasteiger partial charge in [0.25, 0.3) is 5.91 Å². The average Bonchev–Trinajstić information content (AvgIpc) is 2.95. The second kappa shape index (κ2) is 6.66. The molecule has 142 valence electrons. The Morgan fingerprint density at radius 1 is 1.26 bits per heavy atom. The first kappa shape index (κ1) is 18.0. The Kier molecular flexibility index (Phi) is 4.45. The molecule has 0 bridgehead atoms. The van der Waals surface area contributed by atoms with E-state index in [1.165, 1.54) is 11.1 Å².